The van der Waals surface area contributed by atoms with E-state index in [2.05, 4.69) is 15.8 Å². The van der Waals surface area contributed by atoms with E-state index in [1.54, 1.807) is 6.07 Å². The molecule has 0 aliphatic carbocycles. The predicted octanol–water partition coefficient (Wildman–Crippen LogP) is 4.05. The maximum absolute atomic E-state index is 12.0. The number of para-hydroxylation sites is 2. The van der Waals surface area contributed by atoms with E-state index in [9.17, 15) is 9.59 Å². The van der Waals surface area contributed by atoms with Crippen molar-refractivity contribution in [3.05, 3.63) is 95.6 Å². The average molecular weight is 401 g/mol. The minimum Gasteiger partial charge on any atom is -0.488 e. The topological polar surface area (TPSA) is 79.8 Å². The van der Waals surface area contributed by atoms with Gasteiger partial charge in [-0.05, 0) is 36.2 Å². The number of nitrogens with zero attached hydrogens (tertiary/aromatic N) is 1. The molecule has 0 spiro atoms. The van der Waals surface area contributed by atoms with Crippen molar-refractivity contribution >= 4 is 23.7 Å². The predicted molar refractivity (Wildman–Crippen MR) is 117 cm³/mol. The molecule has 0 aliphatic heterocycles. The van der Waals surface area contributed by atoms with E-state index in [-0.39, 0.29) is 6.42 Å². The molecule has 6 heteroatoms. The first-order chi connectivity index (χ1) is 14.6. The molecule has 0 heterocycles. The number of nitrogens with one attached hydrogen (secondary N) is 2. The molecule has 2 amide bonds. The van der Waals surface area contributed by atoms with Gasteiger partial charge in [0.15, 0.2) is 0 Å². The van der Waals surface area contributed by atoms with Gasteiger partial charge in [-0.2, -0.15) is 5.10 Å². The molecule has 6 nitrogen and oxygen atoms in total. The van der Waals surface area contributed by atoms with E-state index in [1.165, 1.54) is 6.21 Å². The fraction of sp³-hybridized carbons (Fsp3) is 0.125. The van der Waals surface area contributed by atoms with Crippen molar-refractivity contribution in [3.63, 3.8) is 0 Å². The zero-order valence-corrected chi connectivity index (χ0v) is 16.7. The molecule has 0 saturated heterocycles. The summed E-state index contributed by atoms with van der Waals surface area (Å²) in [6, 6.07) is 24.6. The zero-order chi connectivity index (χ0) is 21.2. The average Bonchev–Trinajstić information content (AvgIpc) is 2.75. The molecule has 152 valence electrons. The summed E-state index contributed by atoms with van der Waals surface area (Å²) in [6.07, 6.45) is 1.18. The van der Waals surface area contributed by atoms with Crippen LogP contribution in [0.25, 0.3) is 0 Å². The largest absolute Gasteiger partial charge is 0.488 e. The van der Waals surface area contributed by atoms with E-state index in [0.29, 0.717) is 18.0 Å². The Balaban J connectivity index is 1.51. The summed E-state index contributed by atoms with van der Waals surface area (Å²) in [6.45, 7) is 2.31. The van der Waals surface area contributed by atoms with Gasteiger partial charge < -0.3 is 10.1 Å². The lowest BCUT2D eigenvalue weighted by molar-refractivity contribution is -0.126. The molecule has 0 saturated carbocycles. The molecule has 30 heavy (non-hydrogen) atoms. The summed E-state index contributed by atoms with van der Waals surface area (Å²) in [5.74, 6) is -0.250. The molecule has 0 fully saturated rings. The maximum Gasteiger partial charge on any atom is 0.249 e. The zero-order valence-electron chi connectivity index (χ0n) is 16.7. The first-order valence-corrected chi connectivity index (χ1v) is 9.55. The summed E-state index contributed by atoms with van der Waals surface area (Å²) >= 11 is 0. The molecule has 0 unspecified atom stereocenters. The van der Waals surface area contributed by atoms with Crippen LogP contribution < -0.4 is 15.5 Å². The van der Waals surface area contributed by atoms with Crippen molar-refractivity contribution in [2.24, 2.45) is 5.10 Å². The Morgan fingerprint density at radius 2 is 1.60 bits per heavy atom. The summed E-state index contributed by atoms with van der Waals surface area (Å²) < 4.78 is 5.85. The van der Waals surface area contributed by atoms with Gasteiger partial charge in [-0.3, -0.25) is 9.59 Å². The van der Waals surface area contributed by atoms with Crippen LogP contribution in [0.5, 0.6) is 5.75 Å². The lowest BCUT2D eigenvalue weighted by Crippen LogP contribution is -2.24. The van der Waals surface area contributed by atoms with Crippen LogP contribution in [0.15, 0.2) is 84.0 Å². The van der Waals surface area contributed by atoms with E-state index >= 15 is 0 Å². The Morgan fingerprint density at radius 1 is 0.900 bits per heavy atom. The second-order valence-corrected chi connectivity index (χ2v) is 6.65. The van der Waals surface area contributed by atoms with Gasteiger partial charge in [-0.1, -0.05) is 60.7 Å². The molecule has 3 aromatic carbocycles. The first kappa shape index (κ1) is 20.8. The number of hydrogen-bond donors (Lipinski definition) is 2. The van der Waals surface area contributed by atoms with Crippen LogP contribution >= 0.6 is 0 Å². The van der Waals surface area contributed by atoms with E-state index < -0.39 is 11.8 Å². The van der Waals surface area contributed by atoms with Gasteiger partial charge in [0.1, 0.15) is 18.8 Å². The van der Waals surface area contributed by atoms with Crippen molar-refractivity contribution < 1.29 is 14.3 Å². The van der Waals surface area contributed by atoms with Crippen molar-refractivity contribution in [1.82, 2.24) is 5.43 Å². The second kappa shape index (κ2) is 10.6. The number of anilines is 1. The van der Waals surface area contributed by atoms with Crippen LogP contribution in [-0.2, 0) is 16.2 Å². The number of amides is 2. The fourth-order valence-corrected chi connectivity index (χ4v) is 2.72. The van der Waals surface area contributed by atoms with Gasteiger partial charge in [0.05, 0.1) is 6.21 Å². The summed E-state index contributed by atoms with van der Waals surface area (Å²) in [4.78, 5) is 24.0. The Labute approximate surface area is 175 Å². The Morgan fingerprint density at radius 3 is 2.40 bits per heavy atom. The van der Waals surface area contributed by atoms with Crippen LogP contribution in [0, 0.1) is 6.92 Å². The monoisotopic (exact) mass is 401 g/mol. The number of benzene rings is 3. The minimum atomic E-state index is -0.500. The summed E-state index contributed by atoms with van der Waals surface area (Å²) in [7, 11) is 0. The number of hydrogen-bond acceptors (Lipinski definition) is 4. The second-order valence-electron chi connectivity index (χ2n) is 6.65. The molecule has 0 aliphatic rings. The van der Waals surface area contributed by atoms with Gasteiger partial charge in [-0.15, -0.1) is 0 Å². The van der Waals surface area contributed by atoms with Gasteiger partial charge in [0.2, 0.25) is 11.8 Å². The minimum absolute atomic E-state index is 0.322. The highest BCUT2D eigenvalue weighted by molar-refractivity contribution is 6.04. The molecular formula is C24H23N3O3. The summed E-state index contributed by atoms with van der Waals surface area (Å²) in [5, 5.41) is 6.67. The highest BCUT2D eigenvalue weighted by atomic mass is 16.5. The molecule has 3 rings (SSSR count). The number of carbonyl (C=O) groups excluding carboxylic acids is 2. The Kier molecular flexibility index (Phi) is 7.33. The van der Waals surface area contributed by atoms with Crippen molar-refractivity contribution in [2.45, 2.75) is 20.0 Å². The quantitative estimate of drug-likeness (QED) is 0.339. The lowest BCUT2D eigenvalue weighted by Gasteiger charge is -2.09. The van der Waals surface area contributed by atoms with Crippen molar-refractivity contribution in [3.8, 4) is 5.75 Å². The molecule has 0 aromatic heterocycles. The van der Waals surface area contributed by atoms with Crippen molar-refractivity contribution in [2.75, 3.05) is 5.32 Å². The Hall–Kier alpha value is -3.93. The molecule has 2 N–H and O–H groups in total. The van der Waals surface area contributed by atoms with Crippen LogP contribution in [0.1, 0.15) is 23.1 Å². The van der Waals surface area contributed by atoms with Crippen molar-refractivity contribution in [1.29, 1.82) is 0 Å². The highest BCUT2D eigenvalue weighted by Crippen LogP contribution is 2.17. The number of carbonyl (C=O) groups is 2. The fourth-order valence-electron chi connectivity index (χ4n) is 2.72. The number of aryl methyl sites for hydroxylation is 1. The lowest BCUT2D eigenvalue weighted by atomic mass is 10.2. The van der Waals surface area contributed by atoms with Gasteiger partial charge in [-0.25, -0.2) is 5.43 Å². The van der Waals surface area contributed by atoms with Gasteiger partial charge in [0.25, 0.3) is 0 Å². The van der Waals surface area contributed by atoms with E-state index in [1.807, 2.05) is 79.7 Å². The number of rotatable bonds is 8. The third-order valence-corrected chi connectivity index (χ3v) is 4.29. The Bertz CT molecular complexity index is 1030. The highest BCUT2D eigenvalue weighted by Gasteiger charge is 2.10. The van der Waals surface area contributed by atoms with Crippen LogP contribution in [0.3, 0.4) is 0 Å². The molecule has 0 bridgehead atoms. The number of ether oxygens (including phenoxy) is 1. The molecule has 3 aromatic rings. The first-order valence-electron chi connectivity index (χ1n) is 9.55. The van der Waals surface area contributed by atoms with Crippen LogP contribution in [0.4, 0.5) is 5.69 Å². The van der Waals surface area contributed by atoms with Gasteiger partial charge in [0, 0.05) is 11.3 Å². The van der Waals surface area contributed by atoms with E-state index in [0.717, 1.165) is 16.7 Å². The van der Waals surface area contributed by atoms with Crippen LogP contribution in [-0.4, -0.2) is 18.0 Å². The normalized spacial score (nSPS) is 10.6. The van der Waals surface area contributed by atoms with Crippen LogP contribution in [0.2, 0.25) is 0 Å². The molecular weight excluding hydrogens is 378 g/mol. The maximum atomic E-state index is 12.0. The molecule has 0 atom stereocenters. The van der Waals surface area contributed by atoms with Gasteiger partial charge >= 0.3 is 0 Å². The standard InChI is InChI=1S/C24H23N3O3/c1-18-9-5-7-13-21(18)26-23(28)15-24(29)27-25-16-20-12-6-8-14-22(20)30-17-19-10-3-2-4-11-19/h2-14,16H,15,17H2,1H3,(H,26,28)(H,27,29). The third-order valence-electron chi connectivity index (χ3n) is 4.29. The number of hydrazone groups is 1. The third kappa shape index (κ3) is 6.31. The van der Waals surface area contributed by atoms with E-state index in [4.69, 9.17) is 4.74 Å². The summed E-state index contributed by atoms with van der Waals surface area (Å²) in [5.41, 5.74) is 5.76. The smallest absolute Gasteiger partial charge is 0.249 e. The molecule has 0 radical (unpaired) electrons. The SMILES string of the molecule is Cc1ccccc1NC(=O)CC(=O)NN=Cc1ccccc1OCc1ccccc1.